The number of nitrogens with one attached hydrogen (secondary N) is 2. The van der Waals surface area contributed by atoms with Crippen LogP contribution in [-0.4, -0.2) is 22.1 Å². The average molecular weight is 339 g/mol. The predicted octanol–water partition coefficient (Wildman–Crippen LogP) is 2.83. The molecule has 2 unspecified atom stereocenters. The van der Waals surface area contributed by atoms with Crippen LogP contribution in [0.15, 0.2) is 34.0 Å². The third-order valence-corrected chi connectivity index (χ3v) is 5.79. The monoisotopic (exact) mass is 339 g/mol. The lowest BCUT2D eigenvalue weighted by atomic mass is 9.74. The summed E-state index contributed by atoms with van der Waals surface area (Å²) in [6.07, 6.45) is 6.09. The molecule has 130 valence electrons. The van der Waals surface area contributed by atoms with E-state index in [-0.39, 0.29) is 0 Å². The van der Waals surface area contributed by atoms with Crippen LogP contribution in [-0.2, 0) is 0 Å². The number of pyridine rings is 1. The largest absolute Gasteiger partial charge is 0.494 e. The zero-order chi connectivity index (χ0) is 17.6. The molecule has 0 saturated heterocycles. The number of benzene rings is 1. The maximum absolute atomic E-state index is 11.7. The molecule has 3 aliphatic rings. The topological polar surface area (TPSA) is 87.8 Å². The van der Waals surface area contributed by atoms with E-state index in [1.54, 1.807) is 44.6 Å². The Bertz CT molecular complexity index is 1040. The molecule has 0 radical (unpaired) electrons. The van der Waals surface area contributed by atoms with Gasteiger partial charge in [0.25, 0.3) is 5.56 Å². The van der Waals surface area contributed by atoms with Crippen LogP contribution in [0, 0.1) is 17.8 Å². The molecule has 0 aliphatic heterocycles. The minimum atomic E-state index is -0.539. The summed E-state index contributed by atoms with van der Waals surface area (Å²) in [6.45, 7) is 2.41. The van der Waals surface area contributed by atoms with Crippen molar-refractivity contribution >= 4 is 21.8 Å². The Labute approximate surface area is 144 Å². The summed E-state index contributed by atoms with van der Waals surface area (Å²) in [6, 6.07) is 5.33. The number of para-hydroxylation sites is 1. The summed E-state index contributed by atoms with van der Waals surface area (Å²) in [7, 11) is 1.54. The Morgan fingerprint density at radius 1 is 1.12 bits per heavy atom. The van der Waals surface area contributed by atoms with Crippen molar-refractivity contribution in [1.82, 2.24) is 15.0 Å². The highest BCUT2D eigenvalue weighted by molar-refractivity contribution is 6.04. The Balaban J connectivity index is 0.000000185. The number of methoxy groups -OCH3 is 1. The fourth-order valence-electron chi connectivity index (χ4n) is 4.18. The number of fused-ring (bicyclic) bond motifs is 4. The van der Waals surface area contributed by atoms with Gasteiger partial charge in [-0.1, -0.05) is 19.1 Å². The third kappa shape index (κ3) is 2.62. The molecular formula is C19H21N3O3. The van der Waals surface area contributed by atoms with E-state index in [1.165, 1.54) is 6.20 Å². The van der Waals surface area contributed by atoms with E-state index in [1.807, 2.05) is 0 Å². The maximum atomic E-state index is 11.7. The Morgan fingerprint density at radius 3 is 2.48 bits per heavy atom. The van der Waals surface area contributed by atoms with E-state index in [2.05, 4.69) is 21.9 Å². The quantitative estimate of drug-likeness (QED) is 0.667. The van der Waals surface area contributed by atoms with Gasteiger partial charge in [0, 0.05) is 11.6 Å². The van der Waals surface area contributed by atoms with Crippen LogP contribution in [0.3, 0.4) is 0 Å². The third-order valence-electron chi connectivity index (χ3n) is 5.79. The van der Waals surface area contributed by atoms with E-state index in [0.717, 1.165) is 17.8 Å². The van der Waals surface area contributed by atoms with Crippen molar-refractivity contribution in [3.8, 4) is 5.75 Å². The summed E-state index contributed by atoms with van der Waals surface area (Å²) < 4.78 is 5.20. The fourth-order valence-corrected chi connectivity index (χ4v) is 4.18. The molecule has 2 heterocycles. The first-order valence-electron chi connectivity index (χ1n) is 8.66. The molecule has 3 aromatic rings. The molecule has 6 rings (SSSR count). The van der Waals surface area contributed by atoms with Gasteiger partial charge in [-0.2, -0.15) is 0 Å². The number of hydrogen-bond donors (Lipinski definition) is 2. The molecule has 25 heavy (non-hydrogen) atoms. The zero-order valence-electron chi connectivity index (χ0n) is 14.3. The van der Waals surface area contributed by atoms with E-state index in [9.17, 15) is 9.59 Å². The molecule has 3 aliphatic carbocycles. The van der Waals surface area contributed by atoms with E-state index < -0.39 is 11.2 Å². The van der Waals surface area contributed by atoms with Gasteiger partial charge >= 0.3 is 5.69 Å². The van der Waals surface area contributed by atoms with Crippen LogP contribution in [0.5, 0.6) is 5.75 Å². The van der Waals surface area contributed by atoms with Gasteiger partial charge < -0.3 is 9.72 Å². The number of hydrogen-bond acceptors (Lipinski definition) is 4. The minimum Gasteiger partial charge on any atom is -0.494 e. The van der Waals surface area contributed by atoms with Crippen LogP contribution < -0.4 is 16.0 Å². The van der Waals surface area contributed by atoms with Gasteiger partial charge in [-0.3, -0.25) is 14.8 Å². The van der Waals surface area contributed by atoms with E-state index in [0.29, 0.717) is 27.6 Å². The second-order valence-corrected chi connectivity index (χ2v) is 7.00. The number of aromatic amines is 2. The first-order chi connectivity index (χ1) is 12.1. The van der Waals surface area contributed by atoms with Gasteiger partial charge in [0.05, 0.1) is 18.0 Å². The SMILES string of the molecule is CC1C2CCC1C2.COc1cccc2c1ncc1c(=O)[nH]c(=O)[nH]c12. The van der Waals surface area contributed by atoms with E-state index >= 15 is 0 Å². The van der Waals surface area contributed by atoms with Crippen LogP contribution in [0.4, 0.5) is 0 Å². The minimum absolute atomic E-state index is 0.343. The zero-order valence-corrected chi connectivity index (χ0v) is 14.3. The lowest BCUT2D eigenvalue weighted by Gasteiger charge is -2.31. The predicted molar refractivity (Wildman–Crippen MR) is 97.0 cm³/mol. The number of nitrogens with zero attached hydrogens (tertiary/aromatic N) is 1. The summed E-state index contributed by atoms with van der Waals surface area (Å²) in [5, 5.41) is 1.02. The number of rotatable bonds is 1. The van der Waals surface area contributed by atoms with Gasteiger partial charge in [-0.05, 0) is 43.1 Å². The van der Waals surface area contributed by atoms with Gasteiger partial charge in [-0.25, -0.2) is 4.79 Å². The van der Waals surface area contributed by atoms with Crippen molar-refractivity contribution in [3.05, 3.63) is 45.2 Å². The molecule has 0 amide bonds. The molecule has 2 bridgehead atoms. The van der Waals surface area contributed by atoms with Crippen LogP contribution in [0.2, 0.25) is 0 Å². The van der Waals surface area contributed by atoms with Gasteiger partial charge in [-0.15, -0.1) is 0 Å². The first-order valence-corrected chi connectivity index (χ1v) is 8.66. The molecule has 6 heteroatoms. The standard InChI is InChI=1S/C12H9N3O3.C7H12/c1-18-8-4-2-3-6-9-7(5-13-10(6)8)11(16)15-12(17)14-9;1-5-6-2-3-7(5)4-6/h2-5H,1H3,(H2,14,15,16,17);5-7H,2-4H2,1H3. The van der Waals surface area contributed by atoms with Crippen molar-refractivity contribution < 1.29 is 4.74 Å². The molecule has 6 nitrogen and oxygen atoms in total. The highest BCUT2D eigenvalue weighted by atomic mass is 16.5. The Hall–Kier alpha value is -2.63. The van der Waals surface area contributed by atoms with Crippen molar-refractivity contribution in [1.29, 1.82) is 0 Å². The smallest absolute Gasteiger partial charge is 0.326 e. The second kappa shape index (κ2) is 6.02. The van der Waals surface area contributed by atoms with Crippen molar-refractivity contribution in [2.45, 2.75) is 26.2 Å². The van der Waals surface area contributed by atoms with Crippen molar-refractivity contribution in [3.63, 3.8) is 0 Å². The van der Waals surface area contributed by atoms with E-state index in [4.69, 9.17) is 4.74 Å². The summed E-state index contributed by atoms with van der Waals surface area (Å²) in [5.41, 5.74) is 0.0789. The summed E-state index contributed by atoms with van der Waals surface area (Å²) in [5.74, 6) is 4.02. The number of H-pyrrole nitrogens is 2. The Morgan fingerprint density at radius 2 is 1.88 bits per heavy atom. The normalized spacial score (nSPS) is 23.8. The highest BCUT2D eigenvalue weighted by Crippen LogP contribution is 2.52. The molecule has 2 atom stereocenters. The molecule has 3 saturated carbocycles. The molecule has 1 aromatic carbocycles. The second-order valence-electron chi connectivity index (χ2n) is 7.00. The van der Waals surface area contributed by atoms with Gasteiger partial charge in [0.15, 0.2) is 0 Å². The highest BCUT2D eigenvalue weighted by Gasteiger charge is 2.43. The van der Waals surface area contributed by atoms with Crippen LogP contribution in [0.25, 0.3) is 21.8 Å². The van der Waals surface area contributed by atoms with Gasteiger partial charge in [0.2, 0.25) is 0 Å². The number of ether oxygens (including phenoxy) is 1. The van der Waals surface area contributed by atoms with Crippen molar-refractivity contribution in [2.75, 3.05) is 7.11 Å². The summed E-state index contributed by atoms with van der Waals surface area (Å²) >= 11 is 0. The lowest BCUT2D eigenvalue weighted by molar-refractivity contribution is 0.178. The molecule has 0 spiro atoms. The molecule has 3 fully saturated rings. The Kier molecular flexibility index (Phi) is 3.82. The molecular weight excluding hydrogens is 318 g/mol. The van der Waals surface area contributed by atoms with Gasteiger partial charge in [0.1, 0.15) is 11.3 Å². The maximum Gasteiger partial charge on any atom is 0.326 e. The molecule has 2 N–H and O–H groups in total. The average Bonchev–Trinajstić information content (AvgIpc) is 3.25. The van der Waals surface area contributed by atoms with Crippen LogP contribution in [0.1, 0.15) is 26.2 Å². The summed E-state index contributed by atoms with van der Waals surface area (Å²) in [4.78, 5) is 32.0. The first kappa shape index (κ1) is 15.9. The van der Waals surface area contributed by atoms with Crippen molar-refractivity contribution in [2.24, 2.45) is 17.8 Å². The molecule has 2 aromatic heterocycles. The number of aromatic nitrogens is 3. The fraction of sp³-hybridized carbons (Fsp3) is 0.421. The lowest BCUT2D eigenvalue weighted by Crippen LogP contribution is -2.24. The van der Waals surface area contributed by atoms with Crippen LogP contribution >= 0.6 is 0 Å².